The summed E-state index contributed by atoms with van der Waals surface area (Å²) in [6.07, 6.45) is 3.57. The SMILES string of the molecule is Clc1cccc(NCc2cccnc2)n1. The van der Waals surface area contributed by atoms with Gasteiger partial charge < -0.3 is 5.32 Å². The lowest BCUT2D eigenvalue weighted by Gasteiger charge is -2.04. The van der Waals surface area contributed by atoms with Gasteiger partial charge in [-0.05, 0) is 23.8 Å². The highest BCUT2D eigenvalue weighted by atomic mass is 35.5. The molecular weight excluding hydrogens is 210 g/mol. The normalized spacial score (nSPS) is 9.93. The molecule has 0 fully saturated rings. The Morgan fingerprint density at radius 1 is 1.20 bits per heavy atom. The van der Waals surface area contributed by atoms with Gasteiger partial charge in [0.1, 0.15) is 11.0 Å². The second-order valence-corrected chi connectivity index (χ2v) is 3.45. The van der Waals surface area contributed by atoms with E-state index in [4.69, 9.17) is 11.6 Å². The molecule has 76 valence electrons. The highest BCUT2D eigenvalue weighted by molar-refractivity contribution is 6.29. The highest BCUT2D eigenvalue weighted by Gasteiger charge is 1.95. The van der Waals surface area contributed by atoms with Crippen molar-refractivity contribution in [2.45, 2.75) is 6.54 Å². The van der Waals surface area contributed by atoms with Crippen LogP contribution in [0.2, 0.25) is 5.15 Å². The lowest BCUT2D eigenvalue weighted by Crippen LogP contribution is -2.01. The molecule has 2 aromatic heterocycles. The van der Waals surface area contributed by atoms with Crippen molar-refractivity contribution in [2.75, 3.05) is 5.32 Å². The van der Waals surface area contributed by atoms with E-state index in [0.29, 0.717) is 11.7 Å². The van der Waals surface area contributed by atoms with Crippen LogP contribution >= 0.6 is 11.6 Å². The van der Waals surface area contributed by atoms with Crippen LogP contribution in [-0.2, 0) is 6.54 Å². The first kappa shape index (κ1) is 9.93. The summed E-state index contributed by atoms with van der Waals surface area (Å²) in [5, 5.41) is 3.66. The Morgan fingerprint density at radius 3 is 2.87 bits per heavy atom. The predicted molar refractivity (Wildman–Crippen MR) is 60.8 cm³/mol. The fraction of sp³-hybridized carbons (Fsp3) is 0.0909. The quantitative estimate of drug-likeness (QED) is 0.807. The summed E-state index contributed by atoms with van der Waals surface area (Å²) in [7, 11) is 0. The summed E-state index contributed by atoms with van der Waals surface area (Å²) in [4.78, 5) is 8.15. The molecule has 0 bridgehead atoms. The van der Waals surface area contributed by atoms with Crippen molar-refractivity contribution in [1.82, 2.24) is 9.97 Å². The molecule has 0 aliphatic carbocycles. The summed E-state index contributed by atoms with van der Waals surface area (Å²) in [6, 6.07) is 9.40. The van der Waals surface area contributed by atoms with Crippen LogP contribution in [0.25, 0.3) is 0 Å². The van der Waals surface area contributed by atoms with Gasteiger partial charge in [-0.3, -0.25) is 4.98 Å². The first-order chi connectivity index (χ1) is 7.34. The van der Waals surface area contributed by atoms with E-state index in [1.807, 2.05) is 30.5 Å². The first-order valence-corrected chi connectivity index (χ1v) is 4.98. The van der Waals surface area contributed by atoms with Gasteiger partial charge in [0.2, 0.25) is 0 Å². The summed E-state index contributed by atoms with van der Waals surface area (Å²) < 4.78 is 0. The number of hydrogen-bond acceptors (Lipinski definition) is 3. The van der Waals surface area contributed by atoms with E-state index < -0.39 is 0 Å². The maximum absolute atomic E-state index is 5.76. The number of aromatic nitrogens is 2. The van der Waals surface area contributed by atoms with Crippen LogP contribution in [0.5, 0.6) is 0 Å². The molecule has 0 amide bonds. The van der Waals surface area contributed by atoms with Crippen LogP contribution in [0.3, 0.4) is 0 Å². The molecule has 0 aromatic carbocycles. The molecule has 1 N–H and O–H groups in total. The number of anilines is 1. The molecule has 0 aliphatic heterocycles. The lowest BCUT2D eigenvalue weighted by molar-refractivity contribution is 1.09. The number of hydrogen-bond donors (Lipinski definition) is 1. The molecule has 15 heavy (non-hydrogen) atoms. The predicted octanol–water partition coefficient (Wildman–Crippen LogP) is 2.74. The Morgan fingerprint density at radius 2 is 2.13 bits per heavy atom. The lowest BCUT2D eigenvalue weighted by atomic mass is 10.3. The van der Waals surface area contributed by atoms with Crippen molar-refractivity contribution >= 4 is 17.4 Å². The van der Waals surface area contributed by atoms with E-state index >= 15 is 0 Å². The van der Waals surface area contributed by atoms with Gasteiger partial charge in [0.25, 0.3) is 0 Å². The Hall–Kier alpha value is -1.61. The van der Waals surface area contributed by atoms with Crippen LogP contribution in [0, 0.1) is 0 Å². The number of nitrogens with zero attached hydrogens (tertiary/aromatic N) is 2. The monoisotopic (exact) mass is 219 g/mol. The van der Waals surface area contributed by atoms with E-state index in [-0.39, 0.29) is 0 Å². The molecule has 0 saturated carbocycles. The molecule has 4 heteroatoms. The zero-order valence-corrected chi connectivity index (χ0v) is 8.78. The van der Waals surface area contributed by atoms with Crippen molar-refractivity contribution in [3.05, 3.63) is 53.4 Å². The summed E-state index contributed by atoms with van der Waals surface area (Å²) in [5.74, 6) is 0.770. The van der Waals surface area contributed by atoms with Gasteiger partial charge in [0, 0.05) is 18.9 Å². The highest BCUT2D eigenvalue weighted by Crippen LogP contribution is 2.10. The molecule has 0 radical (unpaired) electrons. The molecule has 2 heterocycles. The largest absolute Gasteiger partial charge is 0.366 e. The van der Waals surface area contributed by atoms with E-state index in [1.54, 1.807) is 12.3 Å². The van der Waals surface area contributed by atoms with Crippen LogP contribution in [0.15, 0.2) is 42.7 Å². The fourth-order valence-electron chi connectivity index (χ4n) is 1.20. The molecular formula is C11H10ClN3. The van der Waals surface area contributed by atoms with Gasteiger partial charge in [0.05, 0.1) is 0 Å². The molecule has 3 nitrogen and oxygen atoms in total. The Bertz CT molecular complexity index is 431. The Balaban J connectivity index is 1.99. The van der Waals surface area contributed by atoms with Crippen LogP contribution in [0.4, 0.5) is 5.82 Å². The van der Waals surface area contributed by atoms with E-state index in [0.717, 1.165) is 11.4 Å². The van der Waals surface area contributed by atoms with Gasteiger partial charge >= 0.3 is 0 Å². The van der Waals surface area contributed by atoms with E-state index in [2.05, 4.69) is 15.3 Å². The van der Waals surface area contributed by atoms with Crippen LogP contribution in [0.1, 0.15) is 5.56 Å². The molecule has 0 spiro atoms. The van der Waals surface area contributed by atoms with Crippen molar-refractivity contribution in [2.24, 2.45) is 0 Å². The van der Waals surface area contributed by atoms with Gasteiger partial charge in [-0.1, -0.05) is 23.7 Å². The number of rotatable bonds is 3. The minimum Gasteiger partial charge on any atom is -0.366 e. The molecule has 0 atom stereocenters. The van der Waals surface area contributed by atoms with Crippen molar-refractivity contribution in [3.8, 4) is 0 Å². The number of nitrogens with one attached hydrogen (secondary N) is 1. The summed E-state index contributed by atoms with van der Waals surface area (Å²) in [5.41, 5.74) is 1.11. The van der Waals surface area contributed by atoms with Crippen LogP contribution in [-0.4, -0.2) is 9.97 Å². The van der Waals surface area contributed by atoms with Gasteiger partial charge in [0.15, 0.2) is 0 Å². The third-order valence-corrected chi connectivity index (χ3v) is 2.12. The summed E-state index contributed by atoms with van der Waals surface area (Å²) >= 11 is 5.76. The maximum atomic E-state index is 5.76. The number of halogens is 1. The molecule has 0 unspecified atom stereocenters. The summed E-state index contributed by atoms with van der Waals surface area (Å²) in [6.45, 7) is 0.696. The second kappa shape index (κ2) is 4.75. The molecule has 0 aliphatic rings. The van der Waals surface area contributed by atoms with E-state index in [1.165, 1.54) is 0 Å². The van der Waals surface area contributed by atoms with Gasteiger partial charge in [-0.2, -0.15) is 0 Å². The topological polar surface area (TPSA) is 37.8 Å². The van der Waals surface area contributed by atoms with Crippen molar-refractivity contribution in [1.29, 1.82) is 0 Å². The molecule has 0 saturated heterocycles. The van der Waals surface area contributed by atoms with Crippen molar-refractivity contribution < 1.29 is 0 Å². The van der Waals surface area contributed by atoms with Gasteiger partial charge in [-0.15, -0.1) is 0 Å². The van der Waals surface area contributed by atoms with Crippen LogP contribution < -0.4 is 5.32 Å². The average Bonchev–Trinajstić information content (AvgIpc) is 2.28. The average molecular weight is 220 g/mol. The third kappa shape index (κ3) is 2.92. The van der Waals surface area contributed by atoms with Gasteiger partial charge in [-0.25, -0.2) is 4.98 Å². The third-order valence-electron chi connectivity index (χ3n) is 1.91. The standard InChI is InChI=1S/C11H10ClN3/c12-10-4-1-5-11(15-10)14-8-9-3-2-6-13-7-9/h1-7H,8H2,(H,14,15). The van der Waals surface area contributed by atoms with E-state index in [9.17, 15) is 0 Å². The minimum atomic E-state index is 0.492. The second-order valence-electron chi connectivity index (χ2n) is 3.06. The zero-order valence-electron chi connectivity index (χ0n) is 8.02. The minimum absolute atomic E-state index is 0.492. The fourth-order valence-corrected chi connectivity index (χ4v) is 1.37. The van der Waals surface area contributed by atoms with Crippen molar-refractivity contribution in [3.63, 3.8) is 0 Å². The molecule has 2 aromatic rings. The molecule has 2 rings (SSSR count). The Labute approximate surface area is 93.1 Å². The maximum Gasteiger partial charge on any atom is 0.131 e. The Kier molecular flexibility index (Phi) is 3.15. The smallest absolute Gasteiger partial charge is 0.131 e. The number of pyridine rings is 2. The zero-order chi connectivity index (χ0) is 10.5. The first-order valence-electron chi connectivity index (χ1n) is 4.60.